The van der Waals surface area contributed by atoms with E-state index >= 15 is 0 Å². The van der Waals surface area contributed by atoms with Crippen LogP contribution in [0.3, 0.4) is 0 Å². The van der Waals surface area contributed by atoms with Gasteiger partial charge in [0.25, 0.3) is 0 Å². The Balaban J connectivity index is 1.41. The molecule has 5 saturated carbocycles. The summed E-state index contributed by atoms with van der Waals surface area (Å²) in [7, 11) is 0. The number of ether oxygens (including phenoxy) is 1. The summed E-state index contributed by atoms with van der Waals surface area (Å²) in [6.07, 6.45) is 5.45. The first-order chi connectivity index (χ1) is 16.4. The summed E-state index contributed by atoms with van der Waals surface area (Å²) < 4.78 is 6.34. The van der Waals surface area contributed by atoms with Crippen LogP contribution < -0.4 is 5.73 Å². The largest absolute Gasteiger partial charge is 0.461 e. The quantitative estimate of drug-likeness (QED) is 0.334. The lowest BCUT2D eigenvalue weighted by Gasteiger charge is -2.51. The average Bonchev–Trinajstić information content (AvgIpc) is 3.18. The van der Waals surface area contributed by atoms with E-state index < -0.39 is 17.6 Å². The predicted molar refractivity (Wildman–Crippen MR) is 138 cm³/mol. The van der Waals surface area contributed by atoms with Crippen molar-refractivity contribution in [3.63, 3.8) is 0 Å². The van der Waals surface area contributed by atoms with Crippen molar-refractivity contribution in [2.75, 3.05) is 5.75 Å². The maximum Gasteiger partial charge on any atom is 0.316 e. The van der Waals surface area contributed by atoms with Gasteiger partial charge in [-0.25, -0.2) is 0 Å². The van der Waals surface area contributed by atoms with Crippen LogP contribution in [0.2, 0.25) is 0 Å². The maximum absolute atomic E-state index is 13.2. The molecule has 5 aliphatic carbocycles. The van der Waals surface area contributed by atoms with Crippen molar-refractivity contribution in [3.05, 3.63) is 12.7 Å². The maximum atomic E-state index is 13.2. The molecule has 0 saturated heterocycles. The van der Waals surface area contributed by atoms with Crippen LogP contribution in [0.4, 0.5) is 0 Å². The molecule has 5 N–H and O–H groups in total. The van der Waals surface area contributed by atoms with E-state index in [0.717, 1.165) is 32.1 Å². The highest BCUT2D eigenvalue weighted by Gasteiger charge is 2.91. The molecule has 6 nitrogen and oxygen atoms in total. The van der Waals surface area contributed by atoms with Gasteiger partial charge in [-0.3, -0.25) is 4.79 Å². The topological polar surface area (TPSA) is 113 Å². The average molecular weight is 508 g/mol. The van der Waals surface area contributed by atoms with E-state index in [1.54, 1.807) is 0 Å². The number of hydrogen-bond acceptors (Lipinski definition) is 7. The highest BCUT2D eigenvalue weighted by molar-refractivity contribution is 8.00. The van der Waals surface area contributed by atoms with Gasteiger partial charge in [0.05, 0.1) is 24.1 Å². The van der Waals surface area contributed by atoms with Crippen LogP contribution in [0.1, 0.15) is 72.6 Å². The third kappa shape index (κ3) is 3.33. The van der Waals surface area contributed by atoms with E-state index in [0.29, 0.717) is 18.8 Å². The standard InChI is InChI=1S/C28H45NO5S/c1-6-25(4)13-21(34-22(32)14-35-19-8-7-17(29)11-18(19)30)26(5)15(2)12-28-20(31)9-10-27(28,24(26)28)16(3)23(25)33/h6,15-21,23-24,30-31,33H,1,7-14,29H2,2-5H3/t15?,16-,17+,18+,19+,20?,21+,23-,24-,25+,26-,27+,28?/m0/s1. The molecular formula is C28H45NO5S. The van der Waals surface area contributed by atoms with Crippen LogP contribution in [-0.2, 0) is 9.53 Å². The van der Waals surface area contributed by atoms with E-state index in [4.69, 9.17) is 10.5 Å². The number of hydrogen-bond donors (Lipinski definition) is 4. The minimum absolute atomic E-state index is 0.00580. The van der Waals surface area contributed by atoms with E-state index in [-0.39, 0.29) is 63.3 Å². The lowest BCUT2D eigenvalue weighted by Crippen LogP contribution is -2.53. The molecule has 0 heterocycles. The van der Waals surface area contributed by atoms with Crippen LogP contribution in [-0.4, -0.2) is 62.7 Å². The molecule has 3 unspecified atom stereocenters. The first-order valence-corrected chi connectivity index (χ1v) is 14.7. The van der Waals surface area contributed by atoms with Gasteiger partial charge in [-0.05, 0) is 68.1 Å². The van der Waals surface area contributed by atoms with Gasteiger partial charge in [0, 0.05) is 27.5 Å². The number of aliphatic hydroxyl groups excluding tert-OH is 3. The molecule has 0 aliphatic heterocycles. The van der Waals surface area contributed by atoms with E-state index in [2.05, 4.69) is 27.4 Å². The molecule has 0 amide bonds. The fourth-order valence-corrected chi connectivity index (χ4v) is 10.9. The van der Waals surface area contributed by atoms with Gasteiger partial charge in [0.2, 0.25) is 0 Å². The van der Waals surface area contributed by atoms with Crippen molar-refractivity contribution in [1.82, 2.24) is 0 Å². The Kier molecular flexibility index (Phi) is 6.29. The number of thioether (sulfide) groups is 1. The second kappa shape index (κ2) is 8.45. The van der Waals surface area contributed by atoms with E-state index in [9.17, 15) is 20.1 Å². The highest BCUT2D eigenvalue weighted by atomic mass is 32.2. The van der Waals surface area contributed by atoms with Gasteiger partial charge in [-0.2, -0.15) is 0 Å². The molecule has 35 heavy (non-hydrogen) atoms. The van der Waals surface area contributed by atoms with Crippen LogP contribution >= 0.6 is 11.8 Å². The van der Waals surface area contributed by atoms with Crippen molar-refractivity contribution >= 4 is 17.7 Å². The summed E-state index contributed by atoms with van der Waals surface area (Å²) in [6.45, 7) is 12.8. The summed E-state index contributed by atoms with van der Waals surface area (Å²) in [5.74, 6) is 0.534. The molecule has 5 fully saturated rings. The normalized spacial score (nSPS) is 57.0. The molecule has 5 aliphatic rings. The van der Waals surface area contributed by atoms with Crippen LogP contribution in [0.5, 0.6) is 0 Å². The molecule has 7 heteroatoms. The fraction of sp³-hybridized carbons (Fsp3) is 0.893. The minimum Gasteiger partial charge on any atom is -0.461 e. The number of esters is 1. The zero-order chi connectivity index (χ0) is 25.6. The molecule has 198 valence electrons. The SMILES string of the molecule is C=C[C@]1(C)C[C@@H](OC(=O)CS[C@@H]2CC[C@@H](N)C[C@H]2O)[C@]2(C)C(C)CC34C(O)CC[C@@]3([C@@H](C)[C@@H]1O)[C@@H]42. The summed E-state index contributed by atoms with van der Waals surface area (Å²) >= 11 is 1.48. The summed E-state index contributed by atoms with van der Waals surface area (Å²) in [5, 5.41) is 33.3. The van der Waals surface area contributed by atoms with Crippen molar-refractivity contribution < 1.29 is 24.9 Å². The minimum atomic E-state index is -0.607. The Hall–Kier alpha value is -0.600. The zero-order valence-electron chi connectivity index (χ0n) is 21.8. The summed E-state index contributed by atoms with van der Waals surface area (Å²) in [5.41, 5.74) is 4.83. The molecule has 2 spiro atoms. The summed E-state index contributed by atoms with van der Waals surface area (Å²) in [4.78, 5) is 13.2. The Bertz CT molecular complexity index is 885. The van der Waals surface area contributed by atoms with Gasteiger partial charge in [0.1, 0.15) is 6.10 Å². The van der Waals surface area contributed by atoms with E-state index in [1.165, 1.54) is 11.8 Å². The Labute approximate surface area is 214 Å². The van der Waals surface area contributed by atoms with Gasteiger partial charge in [0.15, 0.2) is 0 Å². The zero-order valence-corrected chi connectivity index (χ0v) is 22.6. The number of nitrogens with two attached hydrogens (primary N) is 1. The number of carbonyl (C=O) groups excluding carboxylic acids is 1. The molecule has 0 aromatic heterocycles. The molecule has 0 aromatic carbocycles. The Morgan fingerprint density at radius 3 is 2.51 bits per heavy atom. The molecule has 13 atom stereocenters. The lowest BCUT2D eigenvalue weighted by atomic mass is 9.57. The molecule has 0 aromatic rings. The molecule has 5 rings (SSSR count). The predicted octanol–water partition coefficient (Wildman–Crippen LogP) is 3.27. The fourth-order valence-electron chi connectivity index (χ4n) is 9.82. The third-order valence-electron chi connectivity index (χ3n) is 11.8. The van der Waals surface area contributed by atoms with Crippen molar-refractivity contribution in [2.24, 2.45) is 45.1 Å². The second-order valence-electron chi connectivity index (χ2n) is 13.2. The highest BCUT2D eigenvalue weighted by Crippen LogP contribution is 2.92. The monoisotopic (exact) mass is 507 g/mol. The summed E-state index contributed by atoms with van der Waals surface area (Å²) in [6, 6.07) is 0.0333. The van der Waals surface area contributed by atoms with Gasteiger partial charge >= 0.3 is 5.97 Å². The number of carbonyl (C=O) groups is 1. The number of aliphatic hydroxyl groups is 3. The third-order valence-corrected chi connectivity index (χ3v) is 13.2. The van der Waals surface area contributed by atoms with Gasteiger partial charge in [-0.1, -0.05) is 33.8 Å². The van der Waals surface area contributed by atoms with Crippen LogP contribution in [0.15, 0.2) is 12.7 Å². The van der Waals surface area contributed by atoms with Crippen molar-refractivity contribution in [1.29, 1.82) is 0 Å². The van der Waals surface area contributed by atoms with Crippen molar-refractivity contribution in [3.8, 4) is 0 Å². The first-order valence-electron chi connectivity index (χ1n) is 13.6. The second-order valence-corrected chi connectivity index (χ2v) is 14.4. The first kappa shape index (κ1) is 26.0. The van der Waals surface area contributed by atoms with Crippen molar-refractivity contribution in [2.45, 2.75) is 108 Å². The molecule has 0 bridgehead atoms. The molecular weight excluding hydrogens is 462 g/mol. The smallest absolute Gasteiger partial charge is 0.316 e. The van der Waals surface area contributed by atoms with E-state index in [1.807, 2.05) is 13.0 Å². The van der Waals surface area contributed by atoms with Crippen LogP contribution in [0, 0.1) is 39.4 Å². The van der Waals surface area contributed by atoms with Gasteiger partial charge in [-0.15, -0.1) is 18.3 Å². The Morgan fingerprint density at radius 1 is 1.14 bits per heavy atom. The molecule has 0 radical (unpaired) electrons. The van der Waals surface area contributed by atoms with Crippen LogP contribution in [0.25, 0.3) is 0 Å². The van der Waals surface area contributed by atoms with Gasteiger partial charge < -0.3 is 25.8 Å². The number of rotatable bonds is 5. The lowest BCUT2D eigenvalue weighted by molar-refractivity contribution is -0.168. The Morgan fingerprint density at radius 2 is 1.86 bits per heavy atom.